The van der Waals surface area contributed by atoms with Crippen molar-refractivity contribution in [3.05, 3.63) is 68.8 Å². The molecule has 1 saturated heterocycles. The van der Waals surface area contributed by atoms with E-state index in [2.05, 4.69) is 27.0 Å². The summed E-state index contributed by atoms with van der Waals surface area (Å²) in [5.41, 5.74) is 12.2. The van der Waals surface area contributed by atoms with E-state index in [1.54, 1.807) is 43.3 Å². The van der Waals surface area contributed by atoms with Gasteiger partial charge >= 0.3 is 0 Å². The van der Waals surface area contributed by atoms with Gasteiger partial charge in [-0.1, -0.05) is 34.8 Å². The van der Waals surface area contributed by atoms with Gasteiger partial charge in [0, 0.05) is 15.7 Å². The van der Waals surface area contributed by atoms with Crippen LogP contribution in [0, 0.1) is 0 Å². The van der Waals surface area contributed by atoms with Gasteiger partial charge in [0.2, 0.25) is 5.91 Å². The van der Waals surface area contributed by atoms with Gasteiger partial charge in [-0.2, -0.15) is 0 Å². The molecule has 1 heterocycles. The van der Waals surface area contributed by atoms with Crippen molar-refractivity contribution in [2.75, 3.05) is 10.9 Å². The lowest BCUT2D eigenvalue weighted by Gasteiger charge is -2.12. The molecular formula is C20H18Cl3N5O3. The van der Waals surface area contributed by atoms with Gasteiger partial charge in [-0.3, -0.25) is 25.2 Å². The molecular weight excluding hydrogens is 465 g/mol. The minimum absolute atomic E-state index is 0.0482. The fraction of sp³-hybridized carbons (Fsp3) is 0.150. The molecule has 3 rings (SSSR count). The van der Waals surface area contributed by atoms with Crippen LogP contribution in [0.15, 0.2) is 53.7 Å². The van der Waals surface area contributed by atoms with E-state index < -0.39 is 23.6 Å². The maximum atomic E-state index is 12.7. The molecule has 31 heavy (non-hydrogen) atoms. The predicted octanol–water partition coefficient (Wildman–Crippen LogP) is 3.44. The second kappa shape index (κ2) is 9.91. The van der Waals surface area contributed by atoms with Crippen LogP contribution in [0.4, 0.5) is 11.4 Å². The van der Waals surface area contributed by atoms with Gasteiger partial charge in [0.15, 0.2) is 5.78 Å². The van der Waals surface area contributed by atoms with Crippen LogP contribution >= 0.6 is 34.8 Å². The first-order valence-electron chi connectivity index (χ1n) is 9.08. The number of benzene rings is 2. The van der Waals surface area contributed by atoms with Gasteiger partial charge in [0.25, 0.3) is 5.91 Å². The molecule has 0 saturated carbocycles. The summed E-state index contributed by atoms with van der Waals surface area (Å²) in [4.78, 5) is 37.1. The standard InChI is InChI=1S/C20H18Cl3N5O3/c1-10(25-26-13-5-2-11(21)3-6-13)18-19(30)16(24-20(18)31)9-17(29)28-27-15-7-4-12(22)8-14(15)23/h2-8,16,25-27H,9H2,1H3,(H,24,31)(H,28,29). The van der Waals surface area contributed by atoms with Crippen molar-refractivity contribution < 1.29 is 14.4 Å². The smallest absolute Gasteiger partial charge is 0.257 e. The molecule has 2 aromatic carbocycles. The zero-order valence-corrected chi connectivity index (χ0v) is 18.5. The third-order valence-electron chi connectivity index (χ3n) is 4.37. The summed E-state index contributed by atoms with van der Waals surface area (Å²) in [6.45, 7) is 1.59. The molecule has 0 spiro atoms. The van der Waals surface area contributed by atoms with Gasteiger partial charge in [-0.15, -0.1) is 0 Å². The van der Waals surface area contributed by atoms with Crippen LogP contribution in [0.5, 0.6) is 0 Å². The van der Waals surface area contributed by atoms with Crippen LogP contribution in [-0.2, 0) is 14.4 Å². The van der Waals surface area contributed by atoms with Crippen LogP contribution in [0.3, 0.4) is 0 Å². The highest BCUT2D eigenvalue weighted by Gasteiger charge is 2.38. The molecule has 2 aromatic rings. The lowest BCUT2D eigenvalue weighted by atomic mass is 10.1. The summed E-state index contributed by atoms with van der Waals surface area (Å²) in [6, 6.07) is 10.6. The Bertz CT molecular complexity index is 1060. The summed E-state index contributed by atoms with van der Waals surface area (Å²) < 4.78 is 0. The lowest BCUT2D eigenvalue weighted by Crippen LogP contribution is -2.38. The van der Waals surface area contributed by atoms with E-state index in [4.69, 9.17) is 34.8 Å². The Morgan fingerprint density at radius 3 is 2.32 bits per heavy atom. The molecule has 1 aliphatic heterocycles. The lowest BCUT2D eigenvalue weighted by molar-refractivity contribution is -0.124. The van der Waals surface area contributed by atoms with Gasteiger partial charge in [0.05, 0.1) is 22.8 Å². The number of ketones is 1. The molecule has 162 valence electrons. The number of hydrogen-bond acceptors (Lipinski definition) is 6. The van der Waals surface area contributed by atoms with Crippen LogP contribution in [0.2, 0.25) is 15.1 Å². The molecule has 5 N–H and O–H groups in total. The van der Waals surface area contributed by atoms with Crippen LogP contribution in [0.25, 0.3) is 0 Å². The zero-order chi connectivity index (χ0) is 22.5. The van der Waals surface area contributed by atoms with E-state index in [9.17, 15) is 14.4 Å². The van der Waals surface area contributed by atoms with E-state index in [-0.39, 0.29) is 12.0 Å². The van der Waals surface area contributed by atoms with Crippen molar-refractivity contribution in [3.63, 3.8) is 0 Å². The number of nitrogens with one attached hydrogen (secondary N) is 5. The Kier molecular flexibility index (Phi) is 7.27. The van der Waals surface area contributed by atoms with E-state index in [1.807, 2.05) is 0 Å². The summed E-state index contributed by atoms with van der Waals surface area (Å²) >= 11 is 17.7. The monoisotopic (exact) mass is 481 g/mol. The molecule has 0 radical (unpaired) electrons. The highest BCUT2D eigenvalue weighted by atomic mass is 35.5. The molecule has 0 bridgehead atoms. The van der Waals surface area contributed by atoms with Gasteiger partial charge in [0.1, 0.15) is 11.6 Å². The Balaban J connectivity index is 1.57. The highest BCUT2D eigenvalue weighted by molar-refractivity contribution is 6.36. The number of carbonyl (C=O) groups is 3. The van der Waals surface area contributed by atoms with Crippen LogP contribution in [0.1, 0.15) is 13.3 Å². The number of allylic oxidation sites excluding steroid dienone is 1. The van der Waals surface area contributed by atoms with Crippen molar-refractivity contribution in [3.8, 4) is 0 Å². The van der Waals surface area contributed by atoms with Gasteiger partial charge in [-0.05, 0) is 49.4 Å². The van der Waals surface area contributed by atoms with E-state index in [1.165, 1.54) is 6.07 Å². The molecule has 2 amide bonds. The number of hydrazine groups is 2. The highest BCUT2D eigenvalue weighted by Crippen LogP contribution is 2.24. The molecule has 8 nitrogen and oxygen atoms in total. The predicted molar refractivity (Wildman–Crippen MR) is 121 cm³/mol. The number of Topliss-reactive ketones (excluding diaryl/α,β-unsaturated/α-hetero) is 1. The molecule has 11 heteroatoms. The first-order valence-corrected chi connectivity index (χ1v) is 10.2. The van der Waals surface area contributed by atoms with E-state index in [0.29, 0.717) is 32.1 Å². The molecule has 1 fully saturated rings. The Morgan fingerprint density at radius 2 is 1.65 bits per heavy atom. The zero-order valence-electron chi connectivity index (χ0n) is 16.2. The number of amides is 2. The molecule has 1 atom stereocenters. The quantitative estimate of drug-likeness (QED) is 0.235. The molecule has 0 aromatic heterocycles. The average molecular weight is 483 g/mol. The normalized spacial score (nSPS) is 17.1. The number of carbonyl (C=O) groups excluding carboxylic acids is 3. The molecule has 1 unspecified atom stereocenters. The second-order valence-corrected chi connectivity index (χ2v) is 7.93. The number of anilines is 2. The largest absolute Gasteiger partial charge is 0.341 e. The van der Waals surface area contributed by atoms with Crippen molar-refractivity contribution in [2.24, 2.45) is 0 Å². The maximum absolute atomic E-state index is 12.7. The van der Waals surface area contributed by atoms with Crippen molar-refractivity contribution in [2.45, 2.75) is 19.4 Å². The summed E-state index contributed by atoms with van der Waals surface area (Å²) in [7, 11) is 0. The number of halogens is 3. The molecule has 1 aliphatic rings. The van der Waals surface area contributed by atoms with Crippen LogP contribution < -0.4 is 27.0 Å². The maximum Gasteiger partial charge on any atom is 0.257 e. The van der Waals surface area contributed by atoms with E-state index >= 15 is 0 Å². The summed E-state index contributed by atoms with van der Waals surface area (Å²) in [6.07, 6.45) is -0.246. The van der Waals surface area contributed by atoms with Crippen LogP contribution in [-0.4, -0.2) is 23.6 Å². The third-order valence-corrected chi connectivity index (χ3v) is 5.17. The Morgan fingerprint density at radius 1 is 0.968 bits per heavy atom. The van der Waals surface area contributed by atoms with Gasteiger partial charge in [-0.25, -0.2) is 0 Å². The SMILES string of the molecule is CC(NNc1ccc(Cl)cc1)=C1C(=O)NC(CC(=O)NNc2ccc(Cl)cc2Cl)C1=O. The van der Waals surface area contributed by atoms with Crippen molar-refractivity contribution >= 4 is 63.8 Å². The van der Waals surface area contributed by atoms with E-state index in [0.717, 1.165) is 0 Å². The fourth-order valence-electron chi connectivity index (χ4n) is 2.81. The number of rotatable bonds is 7. The topological polar surface area (TPSA) is 111 Å². The minimum atomic E-state index is -0.975. The van der Waals surface area contributed by atoms with Gasteiger partial charge < -0.3 is 16.2 Å². The second-order valence-electron chi connectivity index (χ2n) is 6.65. The van der Waals surface area contributed by atoms with Crippen molar-refractivity contribution in [1.82, 2.24) is 16.2 Å². The Labute approximate surface area is 193 Å². The summed E-state index contributed by atoms with van der Waals surface area (Å²) in [5, 5.41) is 3.88. The third kappa shape index (κ3) is 5.81. The fourth-order valence-corrected chi connectivity index (χ4v) is 3.39. The average Bonchev–Trinajstić information content (AvgIpc) is 2.99. The number of hydrogen-bond donors (Lipinski definition) is 5. The minimum Gasteiger partial charge on any atom is -0.341 e. The first kappa shape index (κ1) is 22.7. The van der Waals surface area contributed by atoms with Crippen molar-refractivity contribution in [1.29, 1.82) is 0 Å². The Hall–Kier alpha value is -2.94. The molecule has 0 aliphatic carbocycles. The summed E-state index contributed by atoms with van der Waals surface area (Å²) in [5.74, 6) is -1.54. The first-order chi connectivity index (χ1) is 14.7.